The standard InChI is InChI=1S/C22H23N3O3/c26-21(7-3-4-18-15-23-20-6-2-1-5-19(18)20)24-14-17-10-8-16(9-11-17)12-13-22(27)25-28/h1-2,5-6,8-13,15,23,28H,3-4,7,14H2,(H,24,26)(H,25,27)/b13-12+. The molecule has 0 unspecified atom stereocenters. The van der Waals surface area contributed by atoms with Gasteiger partial charge < -0.3 is 10.3 Å². The van der Waals surface area contributed by atoms with Crippen molar-refractivity contribution < 1.29 is 14.8 Å². The summed E-state index contributed by atoms with van der Waals surface area (Å²) in [5.74, 6) is -0.549. The van der Waals surface area contributed by atoms with Gasteiger partial charge in [-0.2, -0.15) is 0 Å². The number of nitrogens with one attached hydrogen (secondary N) is 3. The van der Waals surface area contributed by atoms with E-state index in [0.717, 1.165) is 29.5 Å². The number of para-hydroxylation sites is 1. The van der Waals surface area contributed by atoms with Gasteiger partial charge in [0, 0.05) is 36.1 Å². The van der Waals surface area contributed by atoms with E-state index in [1.807, 2.05) is 48.7 Å². The molecule has 4 N–H and O–H groups in total. The van der Waals surface area contributed by atoms with Crippen molar-refractivity contribution in [3.05, 3.63) is 77.5 Å². The third kappa shape index (κ3) is 5.31. The summed E-state index contributed by atoms with van der Waals surface area (Å²) in [7, 11) is 0. The predicted octanol–water partition coefficient (Wildman–Crippen LogP) is 3.33. The molecule has 1 aromatic heterocycles. The van der Waals surface area contributed by atoms with Crippen LogP contribution in [-0.4, -0.2) is 22.0 Å². The van der Waals surface area contributed by atoms with Crippen LogP contribution in [0.3, 0.4) is 0 Å². The lowest BCUT2D eigenvalue weighted by molar-refractivity contribution is -0.124. The first-order valence-electron chi connectivity index (χ1n) is 9.18. The summed E-state index contributed by atoms with van der Waals surface area (Å²) in [6.45, 7) is 0.465. The number of benzene rings is 2. The SMILES string of the molecule is O=C(/C=C/c1ccc(CNC(=O)CCCc2c[nH]c3ccccc23)cc1)NO. The number of carbonyl (C=O) groups excluding carboxylic acids is 2. The normalized spacial score (nSPS) is 11.0. The van der Waals surface area contributed by atoms with Crippen LogP contribution in [0.25, 0.3) is 17.0 Å². The number of hydrogen-bond acceptors (Lipinski definition) is 3. The molecule has 6 nitrogen and oxygen atoms in total. The van der Waals surface area contributed by atoms with Gasteiger partial charge in [0.2, 0.25) is 5.91 Å². The summed E-state index contributed by atoms with van der Waals surface area (Å²) in [5.41, 5.74) is 5.71. The first-order chi connectivity index (χ1) is 13.7. The zero-order chi connectivity index (χ0) is 19.8. The van der Waals surface area contributed by atoms with Crippen molar-refractivity contribution in [2.45, 2.75) is 25.8 Å². The van der Waals surface area contributed by atoms with E-state index in [9.17, 15) is 9.59 Å². The van der Waals surface area contributed by atoms with Gasteiger partial charge in [0.15, 0.2) is 0 Å². The molecular formula is C22H23N3O3. The minimum Gasteiger partial charge on any atom is -0.361 e. The van der Waals surface area contributed by atoms with Crippen LogP contribution in [0.2, 0.25) is 0 Å². The molecule has 144 valence electrons. The van der Waals surface area contributed by atoms with Gasteiger partial charge in [0.05, 0.1) is 0 Å². The van der Waals surface area contributed by atoms with Crippen molar-refractivity contribution in [3.8, 4) is 0 Å². The quantitative estimate of drug-likeness (QED) is 0.276. The zero-order valence-corrected chi connectivity index (χ0v) is 15.4. The molecule has 28 heavy (non-hydrogen) atoms. The molecule has 3 aromatic rings. The van der Waals surface area contributed by atoms with Gasteiger partial charge in [0.1, 0.15) is 0 Å². The Kier molecular flexibility index (Phi) is 6.59. The summed E-state index contributed by atoms with van der Waals surface area (Å²) in [4.78, 5) is 26.3. The second-order valence-corrected chi connectivity index (χ2v) is 6.54. The number of aryl methyl sites for hydroxylation is 1. The van der Waals surface area contributed by atoms with Crippen LogP contribution >= 0.6 is 0 Å². The number of hydrogen-bond donors (Lipinski definition) is 4. The summed E-state index contributed by atoms with van der Waals surface area (Å²) < 4.78 is 0. The maximum Gasteiger partial charge on any atom is 0.267 e. The van der Waals surface area contributed by atoms with Crippen LogP contribution in [0, 0.1) is 0 Å². The van der Waals surface area contributed by atoms with Crippen molar-refractivity contribution in [1.29, 1.82) is 0 Å². The molecule has 0 aliphatic rings. The molecule has 0 aliphatic heterocycles. The van der Waals surface area contributed by atoms with Crippen molar-refractivity contribution in [2.24, 2.45) is 0 Å². The smallest absolute Gasteiger partial charge is 0.267 e. The summed E-state index contributed by atoms with van der Waals surface area (Å²) in [5, 5.41) is 12.6. The lowest BCUT2D eigenvalue weighted by Crippen LogP contribution is -2.22. The van der Waals surface area contributed by atoms with E-state index in [4.69, 9.17) is 5.21 Å². The Morgan fingerprint density at radius 3 is 2.64 bits per heavy atom. The molecular weight excluding hydrogens is 354 g/mol. The Hall–Kier alpha value is -3.38. The van der Waals surface area contributed by atoms with Crippen LogP contribution in [-0.2, 0) is 22.6 Å². The molecule has 3 rings (SSSR count). The van der Waals surface area contributed by atoms with E-state index in [0.29, 0.717) is 13.0 Å². The number of carbonyl (C=O) groups is 2. The Morgan fingerprint density at radius 1 is 1.07 bits per heavy atom. The Bertz CT molecular complexity index is 974. The highest BCUT2D eigenvalue weighted by molar-refractivity contribution is 5.90. The highest BCUT2D eigenvalue weighted by Crippen LogP contribution is 2.19. The molecule has 1 heterocycles. The molecule has 0 bridgehead atoms. The zero-order valence-electron chi connectivity index (χ0n) is 15.4. The predicted molar refractivity (Wildman–Crippen MR) is 108 cm³/mol. The van der Waals surface area contributed by atoms with Gasteiger partial charge in [0.25, 0.3) is 5.91 Å². The Morgan fingerprint density at radius 2 is 1.86 bits per heavy atom. The third-order valence-corrected chi connectivity index (χ3v) is 4.53. The van der Waals surface area contributed by atoms with Crippen molar-refractivity contribution in [1.82, 2.24) is 15.8 Å². The minimum atomic E-state index is -0.580. The van der Waals surface area contributed by atoms with Crippen LogP contribution in [0.4, 0.5) is 0 Å². The number of hydroxylamine groups is 1. The molecule has 2 aromatic carbocycles. The fourth-order valence-electron chi connectivity index (χ4n) is 3.02. The minimum absolute atomic E-state index is 0.0310. The van der Waals surface area contributed by atoms with E-state index in [1.165, 1.54) is 22.5 Å². The molecule has 0 saturated heterocycles. The van der Waals surface area contributed by atoms with Crippen LogP contribution in [0.15, 0.2) is 60.8 Å². The van der Waals surface area contributed by atoms with Gasteiger partial charge in [-0.25, -0.2) is 5.48 Å². The monoisotopic (exact) mass is 377 g/mol. The molecule has 2 amide bonds. The number of aromatic nitrogens is 1. The lowest BCUT2D eigenvalue weighted by atomic mass is 10.1. The van der Waals surface area contributed by atoms with Crippen molar-refractivity contribution in [2.75, 3.05) is 0 Å². The number of amides is 2. The van der Waals surface area contributed by atoms with Gasteiger partial charge in [-0.15, -0.1) is 0 Å². The summed E-state index contributed by atoms with van der Waals surface area (Å²) >= 11 is 0. The van der Waals surface area contributed by atoms with Crippen LogP contribution in [0.5, 0.6) is 0 Å². The topological polar surface area (TPSA) is 94.2 Å². The molecule has 0 saturated carbocycles. The van der Waals surface area contributed by atoms with Gasteiger partial charge in [-0.05, 0) is 41.7 Å². The van der Waals surface area contributed by atoms with E-state index < -0.39 is 5.91 Å². The molecule has 0 aliphatic carbocycles. The molecule has 0 fully saturated rings. The number of rotatable bonds is 8. The average molecular weight is 377 g/mol. The molecule has 6 heteroatoms. The fraction of sp³-hybridized carbons (Fsp3) is 0.182. The number of H-pyrrole nitrogens is 1. The number of fused-ring (bicyclic) bond motifs is 1. The van der Waals surface area contributed by atoms with Gasteiger partial charge >= 0.3 is 0 Å². The Labute approximate surface area is 163 Å². The van der Waals surface area contributed by atoms with E-state index in [1.54, 1.807) is 6.08 Å². The third-order valence-electron chi connectivity index (χ3n) is 4.53. The van der Waals surface area contributed by atoms with E-state index >= 15 is 0 Å². The van der Waals surface area contributed by atoms with Crippen molar-refractivity contribution in [3.63, 3.8) is 0 Å². The summed E-state index contributed by atoms with van der Waals surface area (Å²) in [6, 6.07) is 15.6. The highest BCUT2D eigenvalue weighted by Gasteiger charge is 2.05. The second-order valence-electron chi connectivity index (χ2n) is 6.54. The van der Waals surface area contributed by atoms with E-state index in [2.05, 4.69) is 16.4 Å². The lowest BCUT2D eigenvalue weighted by Gasteiger charge is -2.06. The van der Waals surface area contributed by atoms with Gasteiger partial charge in [-0.1, -0.05) is 42.5 Å². The van der Waals surface area contributed by atoms with Crippen LogP contribution in [0.1, 0.15) is 29.5 Å². The first-order valence-corrected chi connectivity index (χ1v) is 9.18. The number of aromatic amines is 1. The average Bonchev–Trinajstić information content (AvgIpc) is 3.14. The summed E-state index contributed by atoms with van der Waals surface area (Å²) in [6.07, 6.45) is 6.99. The fourth-order valence-corrected chi connectivity index (χ4v) is 3.02. The Balaban J connectivity index is 1.41. The molecule has 0 atom stereocenters. The first kappa shape index (κ1) is 19.4. The van der Waals surface area contributed by atoms with Gasteiger partial charge in [-0.3, -0.25) is 14.8 Å². The molecule has 0 spiro atoms. The van der Waals surface area contributed by atoms with E-state index in [-0.39, 0.29) is 5.91 Å². The second kappa shape index (κ2) is 9.53. The molecule has 0 radical (unpaired) electrons. The maximum absolute atomic E-state index is 12.1. The maximum atomic E-state index is 12.1. The van der Waals surface area contributed by atoms with Crippen LogP contribution < -0.4 is 10.8 Å². The largest absolute Gasteiger partial charge is 0.361 e. The van der Waals surface area contributed by atoms with Crippen molar-refractivity contribution >= 4 is 28.8 Å². The highest BCUT2D eigenvalue weighted by atomic mass is 16.5.